The molecule has 144 valence electrons. The van der Waals surface area contributed by atoms with Gasteiger partial charge in [-0.3, -0.25) is 0 Å². The fourth-order valence-corrected chi connectivity index (χ4v) is 5.07. The maximum Gasteiger partial charge on any atom is 0.216 e. The quantitative estimate of drug-likeness (QED) is 0.382. The minimum absolute atomic E-state index is 0.445. The Morgan fingerprint density at radius 3 is 2.62 bits per heavy atom. The average Bonchev–Trinajstić information content (AvgIpc) is 3.13. The molecule has 0 N–H and O–H groups in total. The number of fused-ring (bicyclic) bond motifs is 3. The lowest BCUT2D eigenvalue weighted by atomic mass is 9.80. The predicted molar refractivity (Wildman–Crippen MR) is 116 cm³/mol. The van der Waals surface area contributed by atoms with Gasteiger partial charge < -0.3 is 4.42 Å². The summed E-state index contributed by atoms with van der Waals surface area (Å²) in [7, 11) is 2.07. The van der Waals surface area contributed by atoms with E-state index < -0.39 is 0 Å². The van der Waals surface area contributed by atoms with Crippen LogP contribution in [0.3, 0.4) is 0 Å². The molecule has 1 aliphatic rings. The molecule has 3 heteroatoms. The Morgan fingerprint density at radius 2 is 1.86 bits per heavy atom. The Balaban J connectivity index is 1.87. The minimum Gasteiger partial charge on any atom is -0.455 e. The van der Waals surface area contributed by atoms with E-state index in [-0.39, 0.29) is 0 Å². The van der Waals surface area contributed by atoms with E-state index in [1.807, 2.05) is 18.2 Å². The van der Waals surface area contributed by atoms with E-state index in [1.165, 1.54) is 30.4 Å². The molecule has 0 aliphatic heterocycles. The van der Waals surface area contributed by atoms with Crippen LogP contribution in [0.2, 0.25) is 0 Å². The monoisotopic (exact) mass is 381 g/mol. The Labute approximate surface area is 171 Å². The lowest BCUT2D eigenvalue weighted by Gasteiger charge is -2.23. The summed E-state index contributed by atoms with van der Waals surface area (Å²) in [6, 6.07) is 17.0. The van der Waals surface area contributed by atoms with Crippen molar-refractivity contribution in [1.82, 2.24) is 0 Å². The van der Waals surface area contributed by atoms with Crippen LogP contribution in [0.15, 0.2) is 53.1 Å². The second-order valence-electron chi connectivity index (χ2n) is 8.28. The van der Waals surface area contributed by atoms with Crippen molar-refractivity contribution in [2.45, 2.75) is 44.9 Å². The normalized spacial score (nSPS) is 15.1. The van der Waals surface area contributed by atoms with Crippen LogP contribution in [-0.2, 0) is 7.05 Å². The van der Waals surface area contributed by atoms with E-state index in [0.717, 1.165) is 51.6 Å². The highest BCUT2D eigenvalue weighted by atomic mass is 16.3. The summed E-state index contributed by atoms with van der Waals surface area (Å²) < 4.78 is 8.62. The summed E-state index contributed by atoms with van der Waals surface area (Å²) >= 11 is 0. The third-order valence-corrected chi connectivity index (χ3v) is 6.50. The smallest absolute Gasteiger partial charge is 0.216 e. The van der Waals surface area contributed by atoms with E-state index >= 15 is 0 Å². The van der Waals surface area contributed by atoms with Crippen LogP contribution in [0.25, 0.3) is 33.2 Å². The highest BCUT2D eigenvalue weighted by Crippen LogP contribution is 2.44. The summed E-state index contributed by atoms with van der Waals surface area (Å²) in [5, 5.41) is 12.1. The zero-order valence-corrected chi connectivity index (χ0v) is 17.0. The summed E-state index contributed by atoms with van der Waals surface area (Å²) in [4.78, 5) is 0. The summed E-state index contributed by atoms with van der Waals surface area (Å²) in [6.07, 6.45) is 8.17. The van der Waals surface area contributed by atoms with Crippen molar-refractivity contribution in [1.29, 1.82) is 5.26 Å². The number of rotatable bonds is 2. The van der Waals surface area contributed by atoms with Gasteiger partial charge in [0.05, 0.1) is 17.2 Å². The largest absolute Gasteiger partial charge is 0.455 e. The molecule has 2 aromatic carbocycles. The van der Waals surface area contributed by atoms with Crippen molar-refractivity contribution in [3.63, 3.8) is 0 Å². The van der Waals surface area contributed by atoms with E-state index in [4.69, 9.17) is 4.42 Å². The molecule has 3 nitrogen and oxygen atoms in total. The Hall–Kier alpha value is -3.12. The summed E-state index contributed by atoms with van der Waals surface area (Å²) in [6.45, 7) is 2.14. The van der Waals surface area contributed by atoms with Crippen LogP contribution in [0.5, 0.6) is 0 Å². The van der Waals surface area contributed by atoms with Gasteiger partial charge in [-0.1, -0.05) is 31.4 Å². The molecule has 0 spiro atoms. The van der Waals surface area contributed by atoms with Gasteiger partial charge in [0.25, 0.3) is 0 Å². The zero-order chi connectivity index (χ0) is 20.0. The van der Waals surface area contributed by atoms with Crippen LogP contribution < -0.4 is 4.57 Å². The van der Waals surface area contributed by atoms with Gasteiger partial charge in [-0.2, -0.15) is 5.26 Å². The van der Waals surface area contributed by atoms with Gasteiger partial charge in [0.1, 0.15) is 18.2 Å². The van der Waals surface area contributed by atoms with Crippen molar-refractivity contribution in [3.05, 3.63) is 65.4 Å². The Morgan fingerprint density at radius 1 is 1.03 bits per heavy atom. The highest BCUT2D eigenvalue weighted by molar-refractivity contribution is 6.11. The van der Waals surface area contributed by atoms with E-state index in [1.54, 1.807) is 0 Å². The standard InChI is InChI=1S/C26H25N2O/c1-17-11-13-20-25-22(29-26(20)23(17)21-10-6-7-15-28(21)2)14-12-19(16-27)24(25)18-8-4-3-5-9-18/h6-7,10-15,18H,3-5,8-9H2,1-2H3/q+1. The molecular formula is C26H25N2O+. The van der Waals surface area contributed by atoms with Crippen LogP contribution in [-0.4, -0.2) is 0 Å². The van der Waals surface area contributed by atoms with Gasteiger partial charge in [0.15, 0.2) is 6.20 Å². The van der Waals surface area contributed by atoms with Crippen molar-refractivity contribution in [2.24, 2.45) is 7.05 Å². The fourth-order valence-electron chi connectivity index (χ4n) is 5.07. The van der Waals surface area contributed by atoms with Gasteiger partial charge in [-0.15, -0.1) is 0 Å². The maximum atomic E-state index is 9.85. The molecule has 2 aromatic heterocycles. The van der Waals surface area contributed by atoms with Gasteiger partial charge in [-0.25, -0.2) is 4.57 Å². The molecular weight excluding hydrogens is 356 g/mol. The molecule has 0 amide bonds. The molecule has 0 saturated heterocycles. The van der Waals surface area contributed by atoms with Crippen LogP contribution in [0.1, 0.15) is 54.7 Å². The van der Waals surface area contributed by atoms with Gasteiger partial charge >= 0.3 is 0 Å². The maximum absolute atomic E-state index is 9.85. The number of hydrogen-bond acceptors (Lipinski definition) is 2. The first-order valence-corrected chi connectivity index (χ1v) is 10.5. The van der Waals surface area contributed by atoms with Crippen molar-refractivity contribution < 1.29 is 8.98 Å². The van der Waals surface area contributed by atoms with E-state index in [0.29, 0.717) is 5.92 Å². The molecule has 0 atom stereocenters. The SMILES string of the molecule is Cc1ccc2c(oc3ccc(C#N)c(C4CCCCC4)c32)c1-c1cccc[n+]1C. The fraction of sp³-hybridized carbons (Fsp3) is 0.308. The lowest BCUT2D eigenvalue weighted by Crippen LogP contribution is -2.30. The number of nitrogens with zero attached hydrogens (tertiary/aromatic N) is 2. The van der Waals surface area contributed by atoms with Gasteiger partial charge in [0.2, 0.25) is 5.69 Å². The predicted octanol–water partition coefficient (Wildman–Crippen LogP) is 6.31. The molecule has 1 fully saturated rings. The molecule has 0 radical (unpaired) electrons. The molecule has 0 bridgehead atoms. The van der Waals surface area contributed by atoms with Gasteiger partial charge in [-0.05, 0) is 55.0 Å². The topological polar surface area (TPSA) is 40.8 Å². The molecule has 1 aliphatic carbocycles. The number of nitriles is 1. The van der Waals surface area contributed by atoms with Crippen LogP contribution >= 0.6 is 0 Å². The third kappa shape index (κ3) is 2.83. The number of hydrogen-bond donors (Lipinski definition) is 0. The van der Waals surface area contributed by atoms with Gasteiger partial charge in [0, 0.05) is 22.9 Å². The van der Waals surface area contributed by atoms with E-state index in [9.17, 15) is 5.26 Å². The first-order chi connectivity index (χ1) is 14.2. The van der Waals surface area contributed by atoms with Crippen molar-refractivity contribution in [3.8, 4) is 17.3 Å². The second kappa shape index (κ2) is 7.04. The highest BCUT2D eigenvalue weighted by Gasteiger charge is 2.26. The first kappa shape index (κ1) is 17.9. The lowest BCUT2D eigenvalue weighted by molar-refractivity contribution is -0.660. The second-order valence-corrected chi connectivity index (χ2v) is 8.28. The first-order valence-electron chi connectivity index (χ1n) is 10.5. The zero-order valence-electron chi connectivity index (χ0n) is 17.0. The minimum atomic E-state index is 0.445. The number of aryl methyl sites for hydroxylation is 2. The Bertz CT molecular complexity index is 1270. The number of furan rings is 1. The molecule has 1 saturated carbocycles. The Kier molecular flexibility index (Phi) is 4.36. The molecule has 5 rings (SSSR count). The number of benzene rings is 2. The van der Waals surface area contributed by atoms with Crippen molar-refractivity contribution in [2.75, 3.05) is 0 Å². The number of aromatic nitrogens is 1. The van der Waals surface area contributed by atoms with Crippen molar-refractivity contribution >= 4 is 21.9 Å². The molecule has 0 unspecified atom stereocenters. The number of pyridine rings is 1. The molecule has 2 heterocycles. The van der Waals surface area contributed by atoms with E-state index in [2.05, 4.69) is 55.1 Å². The summed E-state index contributed by atoms with van der Waals surface area (Å²) in [5.41, 5.74) is 7.29. The molecule has 29 heavy (non-hydrogen) atoms. The molecule has 4 aromatic rings. The summed E-state index contributed by atoms with van der Waals surface area (Å²) in [5.74, 6) is 0.445. The average molecular weight is 381 g/mol. The van der Waals surface area contributed by atoms with Crippen LogP contribution in [0, 0.1) is 18.3 Å². The third-order valence-electron chi connectivity index (χ3n) is 6.50. The van der Waals surface area contributed by atoms with Crippen LogP contribution in [0.4, 0.5) is 0 Å².